The van der Waals surface area contributed by atoms with Crippen LogP contribution in [0, 0.1) is 0 Å². The van der Waals surface area contributed by atoms with Crippen LogP contribution in [0.5, 0.6) is 0 Å². The van der Waals surface area contributed by atoms with E-state index in [1.807, 2.05) is 39.1 Å². The molecular formula is C32H40N6O2. The Bertz CT molecular complexity index is 1340. The zero-order chi connectivity index (χ0) is 28.0. The summed E-state index contributed by atoms with van der Waals surface area (Å²) in [4.78, 5) is 22.2. The molecule has 1 aliphatic heterocycles. The van der Waals surface area contributed by atoms with Crippen molar-refractivity contribution in [3.8, 4) is 0 Å². The van der Waals surface area contributed by atoms with Crippen molar-refractivity contribution in [3.63, 3.8) is 0 Å². The molecule has 4 aromatic rings. The standard InChI is InChI=1S/C32H40N6O2/c1-4-40-31(39)32(2,3)27-24-38-29(34-27)17-16-28(35-38)33-18-11-19-36-20-22-37(23-21-36)30(25-12-7-5-8-13-25)26-14-9-6-10-15-26/h5-10,12-17,24,30H,4,11,18-23H2,1-3H3,(H,33,35). The summed E-state index contributed by atoms with van der Waals surface area (Å²) >= 11 is 0. The maximum Gasteiger partial charge on any atom is 0.317 e. The maximum atomic E-state index is 12.4. The van der Waals surface area contributed by atoms with Crippen molar-refractivity contribution in [3.05, 3.63) is 95.8 Å². The second kappa shape index (κ2) is 12.6. The van der Waals surface area contributed by atoms with E-state index in [0.29, 0.717) is 24.0 Å². The van der Waals surface area contributed by atoms with Crippen LogP contribution in [-0.4, -0.2) is 76.2 Å². The number of ether oxygens (including phenoxy) is 1. The van der Waals surface area contributed by atoms with E-state index >= 15 is 0 Å². The normalized spacial score (nSPS) is 15.0. The zero-order valence-corrected chi connectivity index (χ0v) is 23.8. The predicted octanol–water partition coefficient (Wildman–Crippen LogP) is 4.78. The SMILES string of the molecule is CCOC(=O)C(C)(C)c1cn2nc(NCCCN3CCN(C(c4ccccc4)c4ccccc4)CC3)ccc2n1. The fourth-order valence-electron chi connectivity index (χ4n) is 5.34. The van der Waals surface area contributed by atoms with Crippen LogP contribution in [0.4, 0.5) is 5.82 Å². The second-order valence-electron chi connectivity index (χ2n) is 10.9. The molecule has 0 bridgehead atoms. The molecule has 210 valence electrons. The summed E-state index contributed by atoms with van der Waals surface area (Å²) in [5.41, 5.74) is 3.23. The quantitative estimate of drug-likeness (QED) is 0.217. The van der Waals surface area contributed by atoms with Crippen molar-refractivity contribution in [1.29, 1.82) is 0 Å². The van der Waals surface area contributed by atoms with Crippen LogP contribution in [-0.2, 0) is 14.9 Å². The van der Waals surface area contributed by atoms with E-state index in [4.69, 9.17) is 4.74 Å². The molecule has 2 aromatic carbocycles. The number of imidazole rings is 1. The molecule has 3 heterocycles. The zero-order valence-electron chi connectivity index (χ0n) is 23.8. The van der Waals surface area contributed by atoms with Crippen LogP contribution in [0.2, 0.25) is 0 Å². The highest BCUT2D eigenvalue weighted by Crippen LogP contribution is 2.29. The van der Waals surface area contributed by atoms with Crippen LogP contribution in [0.15, 0.2) is 79.0 Å². The third kappa shape index (κ3) is 6.35. The average molecular weight is 541 g/mol. The highest BCUT2D eigenvalue weighted by atomic mass is 16.5. The fraction of sp³-hybridized carbons (Fsp3) is 0.406. The van der Waals surface area contributed by atoms with Gasteiger partial charge >= 0.3 is 5.97 Å². The van der Waals surface area contributed by atoms with Crippen LogP contribution >= 0.6 is 0 Å². The lowest BCUT2D eigenvalue weighted by Crippen LogP contribution is -2.48. The van der Waals surface area contributed by atoms with Gasteiger partial charge < -0.3 is 15.0 Å². The predicted molar refractivity (Wildman–Crippen MR) is 158 cm³/mol. The Morgan fingerprint density at radius 3 is 2.23 bits per heavy atom. The molecule has 1 aliphatic rings. The minimum Gasteiger partial charge on any atom is -0.465 e. The molecule has 0 radical (unpaired) electrons. The topological polar surface area (TPSA) is 75.0 Å². The first-order valence-electron chi connectivity index (χ1n) is 14.3. The number of nitrogens with one attached hydrogen (secondary N) is 1. The number of anilines is 1. The largest absolute Gasteiger partial charge is 0.465 e. The van der Waals surface area contributed by atoms with Crippen molar-refractivity contribution < 1.29 is 9.53 Å². The van der Waals surface area contributed by atoms with Gasteiger partial charge in [0.15, 0.2) is 5.65 Å². The number of carbonyl (C=O) groups is 1. The summed E-state index contributed by atoms with van der Waals surface area (Å²) in [6.45, 7) is 11.9. The number of carbonyl (C=O) groups excluding carboxylic acids is 1. The number of benzene rings is 2. The van der Waals surface area contributed by atoms with E-state index in [9.17, 15) is 4.79 Å². The molecular weight excluding hydrogens is 500 g/mol. The Morgan fingerprint density at radius 1 is 0.950 bits per heavy atom. The Kier molecular flexibility index (Phi) is 8.77. The molecule has 8 heteroatoms. The first kappa shape index (κ1) is 27.8. The number of fused-ring (bicyclic) bond motifs is 1. The van der Waals surface area contributed by atoms with E-state index in [0.717, 1.165) is 51.5 Å². The molecule has 0 atom stereocenters. The minimum atomic E-state index is -0.830. The summed E-state index contributed by atoms with van der Waals surface area (Å²) in [6, 6.07) is 25.8. The number of hydrogen-bond donors (Lipinski definition) is 1. The van der Waals surface area contributed by atoms with Crippen LogP contribution in [0.25, 0.3) is 5.65 Å². The van der Waals surface area contributed by atoms with E-state index in [-0.39, 0.29) is 5.97 Å². The third-order valence-corrected chi connectivity index (χ3v) is 7.71. The number of piperazine rings is 1. The van der Waals surface area contributed by atoms with Crippen molar-refractivity contribution in [2.24, 2.45) is 0 Å². The van der Waals surface area contributed by atoms with Crippen LogP contribution < -0.4 is 5.32 Å². The highest BCUT2D eigenvalue weighted by molar-refractivity contribution is 5.81. The van der Waals surface area contributed by atoms with Gasteiger partial charge in [-0.25, -0.2) is 9.50 Å². The summed E-state index contributed by atoms with van der Waals surface area (Å²) in [5, 5.41) is 8.11. The summed E-state index contributed by atoms with van der Waals surface area (Å²) in [5.74, 6) is 0.511. The number of esters is 1. The van der Waals surface area contributed by atoms with Gasteiger partial charge in [-0.15, -0.1) is 5.10 Å². The van der Waals surface area contributed by atoms with Crippen LogP contribution in [0.1, 0.15) is 50.1 Å². The number of hydrogen-bond acceptors (Lipinski definition) is 7. The third-order valence-electron chi connectivity index (χ3n) is 7.71. The van der Waals surface area contributed by atoms with Gasteiger partial charge in [0.25, 0.3) is 0 Å². The summed E-state index contributed by atoms with van der Waals surface area (Å²) in [6.07, 6.45) is 2.85. The highest BCUT2D eigenvalue weighted by Gasteiger charge is 2.34. The monoisotopic (exact) mass is 540 g/mol. The molecule has 2 aromatic heterocycles. The van der Waals surface area contributed by atoms with E-state index in [1.165, 1.54) is 11.1 Å². The molecule has 0 amide bonds. The Balaban J connectivity index is 1.12. The molecule has 40 heavy (non-hydrogen) atoms. The fourth-order valence-corrected chi connectivity index (χ4v) is 5.34. The molecule has 1 saturated heterocycles. The maximum absolute atomic E-state index is 12.4. The average Bonchev–Trinajstić information content (AvgIpc) is 3.42. The van der Waals surface area contributed by atoms with Crippen LogP contribution in [0.3, 0.4) is 0 Å². The van der Waals surface area contributed by atoms with Crippen molar-refractivity contribution in [2.75, 3.05) is 51.2 Å². The lowest BCUT2D eigenvalue weighted by Gasteiger charge is -2.39. The van der Waals surface area contributed by atoms with Gasteiger partial charge in [-0.2, -0.15) is 0 Å². The first-order chi connectivity index (χ1) is 19.5. The Morgan fingerprint density at radius 2 is 1.60 bits per heavy atom. The van der Waals surface area contributed by atoms with Gasteiger partial charge in [-0.1, -0.05) is 60.7 Å². The molecule has 8 nitrogen and oxygen atoms in total. The molecule has 5 rings (SSSR count). The molecule has 0 spiro atoms. The van der Waals surface area contributed by atoms with Crippen molar-refractivity contribution in [1.82, 2.24) is 24.4 Å². The van der Waals surface area contributed by atoms with Gasteiger partial charge in [0, 0.05) is 32.7 Å². The molecule has 0 saturated carbocycles. The molecule has 1 fully saturated rings. The van der Waals surface area contributed by atoms with Crippen molar-refractivity contribution >= 4 is 17.4 Å². The number of aromatic nitrogens is 3. The molecule has 0 aliphatic carbocycles. The van der Waals surface area contributed by atoms with Gasteiger partial charge in [0.1, 0.15) is 11.2 Å². The molecule has 0 unspecified atom stereocenters. The Labute approximate surface area is 237 Å². The van der Waals surface area contributed by atoms with E-state index < -0.39 is 5.41 Å². The summed E-state index contributed by atoms with van der Waals surface area (Å²) in [7, 11) is 0. The van der Waals surface area contributed by atoms with Gasteiger partial charge in [-0.3, -0.25) is 9.69 Å². The summed E-state index contributed by atoms with van der Waals surface area (Å²) < 4.78 is 6.96. The Hall–Kier alpha value is -3.75. The first-order valence-corrected chi connectivity index (χ1v) is 14.3. The van der Waals surface area contributed by atoms with Gasteiger partial charge in [0.05, 0.1) is 24.5 Å². The van der Waals surface area contributed by atoms with Gasteiger partial charge in [0.2, 0.25) is 0 Å². The lowest BCUT2D eigenvalue weighted by molar-refractivity contribution is -0.148. The minimum absolute atomic E-state index is 0.284. The van der Waals surface area contributed by atoms with Gasteiger partial charge in [-0.05, 0) is 57.0 Å². The number of rotatable bonds is 11. The number of nitrogens with zero attached hydrogens (tertiary/aromatic N) is 5. The second-order valence-corrected chi connectivity index (χ2v) is 10.9. The van der Waals surface area contributed by atoms with E-state index in [1.54, 1.807) is 4.52 Å². The van der Waals surface area contributed by atoms with Crippen molar-refractivity contribution in [2.45, 2.75) is 38.6 Å². The van der Waals surface area contributed by atoms with E-state index in [2.05, 4.69) is 85.9 Å². The molecule has 1 N–H and O–H groups in total. The smallest absolute Gasteiger partial charge is 0.317 e. The lowest BCUT2D eigenvalue weighted by atomic mass is 9.90.